The zero-order valence-electron chi connectivity index (χ0n) is 27.4. The van der Waals surface area contributed by atoms with Gasteiger partial charge < -0.3 is 0 Å². The Kier molecular flexibility index (Phi) is 6.96. The lowest BCUT2D eigenvalue weighted by Gasteiger charge is -2.14. The van der Waals surface area contributed by atoms with E-state index in [0.717, 1.165) is 66.7 Å². The maximum atomic E-state index is 5.23. The quantitative estimate of drug-likeness (QED) is 0.171. The molecule has 0 N–H and O–H groups in total. The minimum atomic E-state index is 0.652. The second kappa shape index (κ2) is 12.1. The molecule has 0 aliphatic rings. The summed E-state index contributed by atoms with van der Waals surface area (Å²) in [6.45, 7) is 0. The number of benzene rings is 6. The molecule has 0 saturated heterocycles. The van der Waals surface area contributed by atoms with Crippen LogP contribution in [0.3, 0.4) is 0 Å². The summed E-state index contributed by atoms with van der Waals surface area (Å²) in [5.74, 6) is 0.652. The van der Waals surface area contributed by atoms with E-state index >= 15 is 0 Å². The lowest BCUT2D eigenvalue weighted by atomic mass is 9.94. The van der Waals surface area contributed by atoms with Crippen molar-refractivity contribution < 1.29 is 0 Å². The number of hydrogen-bond donors (Lipinski definition) is 0. The molecule has 0 bridgehead atoms. The maximum Gasteiger partial charge on any atom is 0.160 e. The zero-order valence-corrected chi connectivity index (χ0v) is 28.2. The predicted octanol–water partition coefficient (Wildman–Crippen LogP) is 12.3. The molecular formula is C46H28N4S. The Hall–Kier alpha value is -6.56. The molecule has 0 aliphatic heterocycles. The SMILES string of the molecule is c1ccc(-c2cc(-c3cc(-c4ccc5ccc6cccnc6c5n4)nc(-c4ccccc4)n3)cc(-c3cccc4c3sc3ccccc34)c2)cc1. The van der Waals surface area contributed by atoms with Crippen LogP contribution < -0.4 is 0 Å². The summed E-state index contributed by atoms with van der Waals surface area (Å²) in [7, 11) is 0. The van der Waals surface area contributed by atoms with Crippen molar-refractivity contribution in [3.05, 3.63) is 170 Å². The van der Waals surface area contributed by atoms with Gasteiger partial charge in [-0.2, -0.15) is 0 Å². The molecular weight excluding hydrogens is 641 g/mol. The van der Waals surface area contributed by atoms with Crippen molar-refractivity contribution in [2.75, 3.05) is 0 Å². The summed E-state index contributed by atoms with van der Waals surface area (Å²) in [6, 6.07) is 57.4. The van der Waals surface area contributed by atoms with Crippen LogP contribution in [0.1, 0.15) is 0 Å². The van der Waals surface area contributed by atoms with Crippen LogP contribution in [0.2, 0.25) is 0 Å². The average molecular weight is 669 g/mol. The van der Waals surface area contributed by atoms with Gasteiger partial charge in [-0.05, 0) is 64.7 Å². The molecule has 4 heterocycles. The van der Waals surface area contributed by atoms with Crippen LogP contribution in [0.25, 0.3) is 98.3 Å². The molecule has 0 aliphatic carbocycles. The first-order chi connectivity index (χ1) is 25.2. The van der Waals surface area contributed by atoms with Crippen LogP contribution in [-0.2, 0) is 0 Å². The van der Waals surface area contributed by atoms with E-state index in [1.54, 1.807) is 0 Å². The van der Waals surface area contributed by atoms with Crippen molar-refractivity contribution in [3.8, 4) is 56.3 Å². The standard InChI is InChI=1S/C46H28N4S/c1-3-11-29(12-4-1)33-25-34(36-17-9-18-38-37-16-7-8-19-42(37)51-45(36)38)27-35(26-33)40-28-41(50-46(49-40)32-13-5-2-6-14-32)39-23-22-31-21-20-30-15-10-24-47-43(30)44(31)48-39/h1-28H. The van der Waals surface area contributed by atoms with E-state index in [0.29, 0.717) is 5.82 Å². The van der Waals surface area contributed by atoms with Gasteiger partial charge in [-0.3, -0.25) is 4.98 Å². The van der Waals surface area contributed by atoms with Gasteiger partial charge in [-0.1, -0.05) is 121 Å². The Bertz CT molecular complexity index is 2920. The summed E-state index contributed by atoms with van der Waals surface area (Å²) >= 11 is 1.85. The highest BCUT2D eigenvalue weighted by molar-refractivity contribution is 7.26. The van der Waals surface area contributed by atoms with E-state index in [1.807, 2.05) is 47.9 Å². The Balaban J connectivity index is 1.21. The van der Waals surface area contributed by atoms with E-state index in [1.165, 1.54) is 25.7 Å². The van der Waals surface area contributed by atoms with E-state index in [-0.39, 0.29) is 0 Å². The third-order valence-electron chi connectivity index (χ3n) is 9.50. The molecule has 238 valence electrons. The van der Waals surface area contributed by atoms with E-state index in [4.69, 9.17) is 19.9 Å². The number of thiophene rings is 1. The number of hydrogen-bond acceptors (Lipinski definition) is 5. The highest BCUT2D eigenvalue weighted by Gasteiger charge is 2.17. The highest BCUT2D eigenvalue weighted by atomic mass is 32.1. The van der Waals surface area contributed by atoms with E-state index in [2.05, 4.69) is 133 Å². The molecule has 4 nitrogen and oxygen atoms in total. The maximum absolute atomic E-state index is 5.23. The van der Waals surface area contributed by atoms with Crippen molar-refractivity contribution in [3.63, 3.8) is 0 Å². The number of rotatable bonds is 5. The number of fused-ring (bicyclic) bond motifs is 6. The fraction of sp³-hybridized carbons (Fsp3) is 0. The minimum absolute atomic E-state index is 0.652. The Labute approximate surface area is 298 Å². The molecule has 6 aromatic carbocycles. The first-order valence-corrected chi connectivity index (χ1v) is 17.8. The van der Waals surface area contributed by atoms with Crippen LogP contribution >= 0.6 is 11.3 Å². The van der Waals surface area contributed by atoms with Gasteiger partial charge in [0.2, 0.25) is 0 Å². The van der Waals surface area contributed by atoms with E-state index < -0.39 is 0 Å². The van der Waals surface area contributed by atoms with Crippen LogP contribution in [0.5, 0.6) is 0 Å². The van der Waals surface area contributed by atoms with Crippen molar-refractivity contribution in [1.29, 1.82) is 0 Å². The zero-order chi connectivity index (χ0) is 33.7. The fourth-order valence-electron chi connectivity index (χ4n) is 7.01. The smallest absolute Gasteiger partial charge is 0.160 e. The lowest BCUT2D eigenvalue weighted by Crippen LogP contribution is -1.98. The minimum Gasteiger partial charge on any atom is -0.254 e. The molecule has 0 spiro atoms. The van der Waals surface area contributed by atoms with E-state index in [9.17, 15) is 0 Å². The third-order valence-corrected chi connectivity index (χ3v) is 10.7. The highest BCUT2D eigenvalue weighted by Crippen LogP contribution is 2.42. The summed E-state index contributed by atoms with van der Waals surface area (Å²) in [5.41, 5.74) is 10.7. The van der Waals surface area contributed by atoms with Gasteiger partial charge in [0.05, 0.1) is 28.1 Å². The fourth-order valence-corrected chi connectivity index (χ4v) is 8.25. The molecule has 0 saturated carbocycles. The largest absolute Gasteiger partial charge is 0.254 e. The Morgan fingerprint density at radius 3 is 1.94 bits per heavy atom. The molecule has 0 unspecified atom stereocenters. The molecule has 0 amide bonds. The topological polar surface area (TPSA) is 51.6 Å². The van der Waals surface area contributed by atoms with Crippen molar-refractivity contribution in [1.82, 2.24) is 19.9 Å². The average Bonchev–Trinajstić information content (AvgIpc) is 3.60. The van der Waals surface area contributed by atoms with Gasteiger partial charge in [0.15, 0.2) is 5.82 Å². The van der Waals surface area contributed by atoms with Crippen molar-refractivity contribution >= 4 is 53.3 Å². The van der Waals surface area contributed by atoms with Gasteiger partial charge in [-0.25, -0.2) is 15.0 Å². The first-order valence-electron chi connectivity index (χ1n) is 17.0. The van der Waals surface area contributed by atoms with Crippen LogP contribution in [0.15, 0.2) is 170 Å². The molecule has 10 aromatic rings. The third kappa shape index (κ3) is 5.23. The normalized spacial score (nSPS) is 11.5. The molecule has 4 aromatic heterocycles. The number of nitrogens with zero attached hydrogens (tertiary/aromatic N) is 4. The monoisotopic (exact) mass is 668 g/mol. The summed E-state index contributed by atoms with van der Waals surface area (Å²) < 4.78 is 2.57. The predicted molar refractivity (Wildman–Crippen MR) is 213 cm³/mol. The summed E-state index contributed by atoms with van der Waals surface area (Å²) in [4.78, 5) is 20.2. The van der Waals surface area contributed by atoms with Crippen LogP contribution in [-0.4, -0.2) is 19.9 Å². The molecule has 0 fully saturated rings. The molecule has 10 rings (SSSR count). The van der Waals surface area contributed by atoms with Crippen LogP contribution in [0.4, 0.5) is 0 Å². The van der Waals surface area contributed by atoms with Gasteiger partial charge in [0.1, 0.15) is 0 Å². The lowest BCUT2D eigenvalue weighted by molar-refractivity contribution is 1.17. The van der Waals surface area contributed by atoms with Crippen LogP contribution in [0, 0.1) is 0 Å². The molecule has 0 atom stereocenters. The second-order valence-corrected chi connectivity index (χ2v) is 13.7. The number of aromatic nitrogens is 4. The summed E-state index contributed by atoms with van der Waals surface area (Å²) in [6.07, 6.45) is 1.82. The Morgan fingerprint density at radius 1 is 0.392 bits per heavy atom. The molecule has 51 heavy (non-hydrogen) atoms. The Morgan fingerprint density at radius 2 is 1.08 bits per heavy atom. The van der Waals surface area contributed by atoms with Crippen molar-refractivity contribution in [2.45, 2.75) is 0 Å². The summed E-state index contributed by atoms with van der Waals surface area (Å²) in [5, 5.41) is 4.66. The van der Waals surface area contributed by atoms with Gasteiger partial charge >= 0.3 is 0 Å². The number of pyridine rings is 2. The van der Waals surface area contributed by atoms with Gasteiger partial charge in [-0.15, -0.1) is 11.3 Å². The molecule has 0 radical (unpaired) electrons. The first kappa shape index (κ1) is 29.4. The van der Waals surface area contributed by atoms with Gasteiger partial charge in [0, 0.05) is 48.3 Å². The van der Waals surface area contributed by atoms with Gasteiger partial charge in [0.25, 0.3) is 0 Å². The van der Waals surface area contributed by atoms with Crippen molar-refractivity contribution in [2.24, 2.45) is 0 Å². The molecule has 5 heteroatoms. The second-order valence-electron chi connectivity index (χ2n) is 12.7.